The van der Waals surface area contributed by atoms with Crippen molar-refractivity contribution >= 4 is 6.03 Å². The molecule has 0 saturated carbocycles. The van der Waals surface area contributed by atoms with Gasteiger partial charge >= 0.3 is 6.03 Å². The van der Waals surface area contributed by atoms with Crippen LogP contribution in [0.15, 0.2) is 12.5 Å². The fourth-order valence-electron chi connectivity index (χ4n) is 1.28. The predicted molar refractivity (Wildman–Crippen MR) is 63.2 cm³/mol. The largest absolute Gasteiger partial charge is 0.340 e. The minimum atomic E-state index is -0.199. The third-order valence-electron chi connectivity index (χ3n) is 1.91. The van der Waals surface area contributed by atoms with Crippen molar-refractivity contribution < 1.29 is 4.79 Å². The van der Waals surface area contributed by atoms with E-state index >= 15 is 0 Å². The maximum Gasteiger partial charge on any atom is 0.315 e. The van der Waals surface area contributed by atoms with Crippen molar-refractivity contribution in [3.8, 4) is 0 Å². The first-order valence-corrected chi connectivity index (χ1v) is 5.40. The third-order valence-corrected chi connectivity index (χ3v) is 1.91. The van der Waals surface area contributed by atoms with Gasteiger partial charge in [0.25, 0.3) is 0 Å². The first-order chi connectivity index (χ1) is 7.37. The van der Waals surface area contributed by atoms with E-state index < -0.39 is 0 Å². The van der Waals surface area contributed by atoms with E-state index in [2.05, 4.69) is 15.6 Å². The van der Waals surface area contributed by atoms with Crippen molar-refractivity contribution in [2.75, 3.05) is 6.54 Å². The Morgan fingerprint density at radius 1 is 1.50 bits per heavy atom. The average Bonchev–Trinajstić information content (AvgIpc) is 2.48. The fourth-order valence-corrected chi connectivity index (χ4v) is 1.28. The van der Waals surface area contributed by atoms with Crippen molar-refractivity contribution in [2.45, 2.75) is 32.7 Å². The van der Waals surface area contributed by atoms with Crippen molar-refractivity contribution in [1.82, 2.24) is 20.2 Å². The van der Waals surface area contributed by atoms with Gasteiger partial charge in [-0.05, 0) is 20.8 Å². The Balaban J connectivity index is 2.23. The summed E-state index contributed by atoms with van der Waals surface area (Å²) in [5.74, 6) is 0. The second kappa shape index (κ2) is 5.01. The van der Waals surface area contributed by atoms with Gasteiger partial charge in [-0.3, -0.25) is 0 Å². The van der Waals surface area contributed by atoms with E-state index in [1.807, 2.05) is 38.6 Å². The van der Waals surface area contributed by atoms with Gasteiger partial charge in [-0.15, -0.1) is 0 Å². The van der Waals surface area contributed by atoms with Gasteiger partial charge in [0, 0.05) is 31.7 Å². The Bertz CT molecular complexity index is 351. The summed E-state index contributed by atoms with van der Waals surface area (Å²) >= 11 is 0. The number of hydrogen-bond acceptors (Lipinski definition) is 2. The maximum absolute atomic E-state index is 11.4. The lowest BCUT2D eigenvalue weighted by atomic mass is 10.1. The molecule has 16 heavy (non-hydrogen) atoms. The summed E-state index contributed by atoms with van der Waals surface area (Å²) in [6.45, 7) is 6.45. The summed E-state index contributed by atoms with van der Waals surface area (Å²) in [6, 6.07) is -0.136. The molecule has 0 aliphatic carbocycles. The third kappa shape index (κ3) is 4.82. The van der Waals surface area contributed by atoms with Crippen LogP contribution < -0.4 is 10.6 Å². The molecule has 2 N–H and O–H groups in total. The number of imidazole rings is 1. The fraction of sp³-hybridized carbons (Fsp3) is 0.636. The summed E-state index contributed by atoms with van der Waals surface area (Å²) in [4.78, 5) is 15.6. The smallest absolute Gasteiger partial charge is 0.315 e. The molecule has 5 heteroatoms. The van der Waals surface area contributed by atoms with Gasteiger partial charge in [0.15, 0.2) is 0 Å². The minimum Gasteiger partial charge on any atom is -0.340 e. The van der Waals surface area contributed by atoms with E-state index in [0.29, 0.717) is 6.54 Å². The van der Waals surface area contributed by atoms with E-state index in [4.69, 9.17) is 0 Å². The Kier molecular flexibility index (Phi) is 3.93. The molecule has 0 bridgehead atoms. The molecular weight excluding hydrogens is 204 g/mol. The molecule has 90 valence electrons. The van der Waals surface area contributed by atoms with Crippen molar-refractivity contribution in [2.24, 2.45) is 7.05 Å². The molecule has 0 saturated heterocycles. The molecule has 0 spiro atoms. The summed E-state index contributed by atoms with van der Waals surface area (Å²) in [7, 11) is 1.93. The number of carbonyl (C=O) groups is 1. The molecule has 0 atom stereocenters. The molecule has 1 rings (SSSR count). The summed E-state index contributed by atoms with van der Waals surface area (Å²) in [5, 5.41) is 5.63. The van der Waals surface area contributed by atoms with Gasteiger partial charge in [-0.25, -0.2) is 9.78 Å². The van der Waals surface area contributed by atoms with Crippen molar-refractivity contribution in [3.05, 3.63) is 18.2 Å². The lowest BCUT2D eigenvalue weighted by Gasteiger charge is -2.20. The minimum absolute atomic E-state index is 0.136. The molecule has 1 aromatic heterocycles. The molecule has 5 nitrogen and oxygen atoms in total. The molecule has 0 aliphatic heterocycles. The van der Waals surface area contributed by atoms with Gasteiger partial charge in [-0.2, -0.15) is 0 Å². The molecule has 0 aliphatic rings. The number of amides is 2. The zero-order chi connectivity index (χ0) is 12.2. The van der Waals surface area contributed by atoms with Crippen LogP contribution in [0.5, 0.6) is 0 Å². The van der Waals surface area contributed by atoms with Crippen LogP contribution in [-0.4, -0.2) is 27.7 Å². The number of aryl methyl sites for hydroxylation is 1. The normalized spacial score (nSPS) is 11.2. The lowest BCUT2D eigenvalue weighted by Crippen LogP contribution is -2.46. The highest BCUT2D eigenvalue weighted by molar-refractivity contribution is 5.74. The Morgan fingerprint density at radius 3 is 2.69 bits per heavy atom. The molecule has 1 heterocycles. The molecule has 2 amide bonds. The standard InChI is InChI=1S/C11H20N4O/c1-11(2,3)14-10(16)12-6-5-9-7-15(4)8-13-9/h7-8H,5-6H2,1-4H3,(H2,12,14,16). The molecule has 0 fully saturated rings. The van der Waals surface area contributed by atoms with Gasteiger partial charge < -0.3 is 15.2 Å². The van der Waals surface area contributed by atoms with E-state index in [-0.39, 0.29) is 11.6 Å². The lowest BCUT2D eigenvalue weighted by molar-refractivity contribution is 0.232. The molecule has 0 unspecified atom stereocenters. The number of aromatic nitrogens is 2. The number of hydrogen-bond donors (Lipinski definition) is 2. The van der Waals surface area contributed by atoms with Crippen LogP contribution in [0, 0.1) is 0 Å². The average molecular weight is 224 g/mol. The van der Waals surface area contributed by atoms with Gasteiger partial charge in [-0.1, -0.05) is 0 Å². The van der Waals surface area contributed by atoms with Crippen LogP contribution in [-0.2, 0) is 13.5 Å². The zero-order valence-corrected chi connectivity index (χ0v) is 10.4. The second-order valence-electron chi connectivity index (χ2n) is 4.91. The highest BCUT2D eigenvalue weighted by Crippen LogP contribution is 1.98. The highest BCUT2D eigenvalue weighted by atomic mass is 16.2. The van der Waals surface area contributed by atoms with Crippen LogP contribution >= 0.6 is 0 Å². The number of urea groups is 1. The van der Waals surface area contributed by atoms with Crippen molar-refractivity contribution in [3.63, 3.8) is 0 Å². The first kappa shape index (κ1) is 12.5. The molecule has 0 aromatic carbocycles. The Morgan fingerprint density at radius 2 is 2.19 bits per heavy atom. The zero-order valence-electron chi connectivity index (χ0n) is 10.4. The quantitative estimate of drug-likeness (QED) is 0.806. The second-order valence-corrected chi connectivity index (χ2v) is 4.91. The number of rotatable bonds is 3. The number of nitrogens with one attached hydrogen (secondary N) is 2. The van der Waals surface area contributed by atoms with Crippen LogP contribution in [0.3, 0.4) is 0 Å². The van der Waals surface area contributed by atoms with Crippen LogP contribution in [0.1, 0.15) is 26.5 Å². The van der Waals surface area contributed by atoms with Crippen LogP contribution in [0.4, 0.5) is 4.79 Å². The monoisotopic (exact) mass is 224 g/mol. The maximum atomic E-state index is 11.4. The number of carbonyl (C=O) groups excluding carboxylic acids is 1. The molecule has 1 aromatic rings. The van der Waals surface area contributed by atoms with E-state index in [9.17, 15) is 4.79 Å². The summed E-state index contributed by atoms with van der Waals surface area (Å²) < 4.78 is 1.89. The summed E-state index contributed by atoms with van der Waals surface area (Å²) in [5.41, 5.74) is 0.785. The van der Waals surface area contributed by atoms with Crippen molar-refractivity contribution in [1.29, 1.82) is 0 Å². The first-order valence-electron chi connectivity index (χ1n) is 5.40. The topological polar surface area (TPSA) is 59.0 Å². The Labute approximate surface area is 96.3 Å². The van der Waals surface area contributed by atoms with Gasteiger partial charge in [0.05, 0.1) is 12.0 Å². The predicted octanol–water partition coefficient (Wildman–Crippen LogP) is 1.06. The van der Waals surface area contributed by atoms with E-state index in [1.54, 1.807) is 6.33 Å². The Hall–Kier alpha value is -1.52. The van der Waals surface area contributed by atoms with E-state index in [0.717, 1.165) is 12.1 Å². The molecule has 0 radical (unpaired) electrons. The van der Waals surface area contributed by atoms with Crippen LogP contribution in [0.25, 0.3) is 0 Å². The molecular formula is C11H20N4O. The van der Waals surface area contributed by atoms with Crippen LogP contribution in [0.2, 0.25) is 0 Å². The SMILES string of the molecule is Cn1cnc(CCNC(=O)NC(C)(C)C)c1. The summed E-state index contributed by atoms with van der Waals surface area (Å²) in [6.07, 6.45) is 4.45. The van der Waals surface area contributed by atoms with E-state index in [1.165, 1.54) is 0 Å². The number of nitrogens with zero attached hydrogens (tertiary/aromatic N) is 2. The highest BCUT2D eigenvalue weighted by Gasteiger charge is 2.12. The van der Waals surface area contributed by atoms with Gasteiger partial charge in [0.1, 0.15) is 0 Å². The van der Waals surface area contributed by atoms with Gasteiger partial charge in [0.2, 0.25) is 0 Å².